The Bertz CT molecular complexity index is 472. The van der Waals surface area contributed by atoms with Crippen molar-refractivity contribution >= 4 is 33.5 Å². The molecule has 1 aliphatic rings. The van der Waals surface area contributed by atoms with Crippen molar-refractivity contribution in [2.24, 2.45) is 0 Å². The Hall–Kier alpha value is -1.04. The highest BCUT2D eigenvalue weighted by atomic mass is 79.9. The van der Waals surface area contributed by atoms with E-state index in [1.807, 2.05) is 6.07 Å². The highest BCUT2D eigenvalue weighted by Crippen LogP contribution is 2.28. The van der Waals surface area contributed by atoms with Gasteiger partial charge < -0.3 is 14.6 Å². The van der Waals surface area contributed by atoms with Gasteiger partial charge in [-0.1, -0.05) is 33.6 Å². The molecule has 0 saturated carbocycles. The van der Waals surface area contributed by atoms with Crippen LogP contribution < -0.4 is 4.74 Å². The van der Waals surface area contributed by atoms with Gasteiger partial charge in [0.25, 0.3) is 0 Å². The molecule has 1 N–H and O–H groups in total. The number of aliphatic hydroxyl groups is 1. The fourth-order valence-corrected chi connectivity index (χ4v) is 1.69. The lowest BCUT2D eigenvalue weighted by molar-refractivity contribution is -0.153. The Morgan fingerprint density at radius 1 is 1.50 bits per heavy atom. The first kappa shape index (κ1) is 11.4. The third-order valence-electron chi connectivity index (χ3n) is 1.85. The van der Waals surface area contributed by atoms with Crippen molar-refractivity contribution in [3.8, 4) is 5.75 Å². The summed E-state index contributed by atoms with van der Waals surface area (Å²) in [6, 6.07) is 6.87. The summed E-state index contributed by atoms with van der Waals surface area (Å²) in [7, 11) is 0. The lowest BCUT2D eigenvalue weighted by atomic mass is 10.3. The molecule has 0 fully saturated rings. The maximum absolute atomic E-state index is 11.2. The summed E-state index contributed by atoms with van der Waals surface area (Å²) in [5, 5.41) is 9.00. The lowest BCUT2D eigenvalue weighted by Gasteiger charge is -2.04. The molecule has 0 amide bonds. The number of esters is 1. The van der Waals surface area contributed by atoms with E-state index in [2.05, 4.69) is 20.7 Å². The van der Waals surface area contributed by atoms with Crippen LogP contribution in [0.1, 0.15) is 0 Å². The molecule has 1 aliphatic heterocycles. The van der Waals surface area contributed by atoms with Crippen molar-refractivity contribution in [1.29, 1.82) is 0 Å². The van der Waals surface area contributed by atoms with Crippen LogP contribution in [-0.4, -0.2) is 17.4 Å². The second-order valence-corrected chi connectivity index (χ2v) is 4.32. The average Bonchev–Trinajstić information content (AvgIpc) is 2.45. The third-order valence-corrected chi connectivity index (χ3v) is 2.71. The highest BCUT2D eigenvalue weighted by Gasteiger charge is 2.34. The van der Waals surface area contributed by atoms with Crippen LogP contribution in [0.5, 0.6) is 5.75 Å². The zero-order chi connectivity index (χ0) is 11.7. The van der Waals surface area contributed by atoms with Gasteiger partial charge in [-0.25, -0.2) is 4.79 Å². The molecule has 0 aromatic heterocycles. The fourth-order valence-electron chi connectivity index (χ4n) is 1.16. The van der Waals surface area contributed by atoms with Gasteiger partial charge in [-0.05, 0) is 18.2 Å². The molecule has 1 atom stereocenters. The van der Waals surface area contributed by atoms with Gasteiger partial charge in [0, 0.05) is 4.47 Å². The number of aliphatic hydroxyl groups excluding tert-OH is 1. The maximum atomic E-state index is 11.2. The Morgan fingerprint density at radius 3 is 2.81 bits per heavy atom. The number of carbonyl (C=O) groups is 1. The topological polar surface area (TPSA) is 55.8 Å². The van der Waals surface area contributed by atoms with E-state index < -0.39 is 12.3 Å². The molecule has 84 valence electrons. The first-order valence-electron chi connectivity index (χ1n) is 4.30. The van der Waals surface area contributed by atoms with Crippen molar-refractivity contribution < 1.29 is 19.4 Å². The molecule has 0 spiro atoms. The van der Waals surface area contributed by atoms with Gasteiger partial charge in [-0.3, -0.25) is 0 Å². The summed E-state index contributed by atoms with van der Waals surface area (Å²) in [5.74, 6) is -0.543. The van der Waals surface area contributed by atoms with Crippen LogP contribution in [0.2, 0.25) is 0 Å². The van der Waals surface area contributed by atoms with Gasteiger partial charge in [0.05, 0.1) is 0 Å². The van der Waals surface area contributed by atoms with E-state index in [1.54, 1.807) is 18.2 Å². The van der Waals surface area contributed by atoms with E-state index in [9.17, 15) is 4.79 Å². The molecule has 16 heavy (non-hydrogen) atoms. The smallest absolute Gasteiger partial charge is 0.378 e. The van der Waals surface area contributed by atoms with Gasteiger partial charge >= 0.3 is 5.97 Å². The lowest BCUT2D eigenvalue weighted by Crippen LogP contribution is -2.08. The van der Waals surface area contributed by atoms with Crippen molar-refractivity contribution in [3.05, 3.63) is 39.5 Å². The van der Waals surface area contributed by atoms with Gasteiger partial charge in [0.1, 0.15) is 10.8 Å². The standard InChI is InChI=1S/C10H6BrClO4/c11-5-2-1-3-6(4-5)15-8-7(12)9(13)16-10(8)14/h1-4,9,13H. The zero-order valence-corrected chi connectivity index (χ0v) is 10.2. The number of rotatable bonds is 2. The summed E-state index contributed by atoms with van der Waals surface area (Å²) >= 11 is 8.92. The van der Waals surface area contributed by atoms with Crippen molar-refractivity contribution in [3.63, 3.8) is 0 Å². The monoisotopic (exact) mass is 304 g/mol. The summed E-state index contributed by atoms with van der Waals surface area (Å²) in [6.45, 7) is 0. The minimum atomic E-state index is -1.43. The Morgan fingerprint density at radius 2 is 2.25 bits per heavy atom. The molecule has 0 aliphatic carbocycles. The molecule has 0 saturated heterocycles. The van der Waals surface area contributed by atoms with Crippen LogP contribution in [0.15, 0.2) is 39.5 Å². The van der Waals surface area contributed by atoms with E-state index >= 15 is 0 Å². The Kier molecular flexibility index (Phi) is 3.18. The predicted octanol–water partition coefficient (Wildman–Crippen LogP) is 2.15. The molecule has 6 heteroatoms. The molecular formula is C10H6BrClO4. The average molecular weight is 306 g/mol. The molecular weight excluding hydrogens is 299 g/mol. The van der Waals surface area contributed by atoms with Gasteiger partial charge in [0.2, 0.25) is 12.0 Å². The Balaban J connectivity index is 2.25. The molecule has 4 nitrogen and oxygen atoms in total. The van der Waals surface area contributed by atoms with Crippen LogP contribution in [0.25, 0.3) is 0 Å². The van der Waals surface area contributed by atoms with E-state index in [0.717, 1.165) is 4.47 Å². The number of cyclic esters (lactones) is 1. The SMILES string of the molecule is O=C1OC(O)C(Cl)=C1Oc1cccc(Br)c1. The minimum absolute atomic E-state index is 0.148. The molecule has 2 rings (SSSR count). The van der Waals surface area contributed by atoms with Gasteiger partial charge in [0.15, 0.2) is 0 Å². The second kappa shape index (κ2) is 4.45. The molecule has 1 unspecified atom stereocenters. The summed E-state index contributed by atoms with van der Waals surface area (Å²) in [4.78, 5) is 11.2. The largest absolute Gasteiger partial charge is 0.448 e. The van der Waals surface area contributed by atoms with Crippen LogP contribution in [0.3, 0.4) is 0 Å². The van der Waals surface area contributed by atoms with Crippen LogP contribution in [0.4, 0.5) is 0 Å². The van der Waals surface area contributed by atoms with Crippen LogP contribution >= 0.6 is 27.5 Å². The first-order chi connectivity index (χ1) is 7.58. The summed E-state index contributed by atoms with van der Waals surface area (Å²) in [6.07, 6.45) is -1.43. The van der Waals surface area contributed by atoms with Crippen LogP contribution in [0, 0.1) is 0 Å². The fraction of sp³-hybridized carbons (Fsp3) is 0.100. The zero-order valence-electron chi connectivity index (χ0n) is 7.81. The number of halogens is 2. The van der Waals surface area contributed by atoms with Gasteiger partial charge in [-0.15, -0.1) is 0 Å². The summed E-state index contributed by atoms with van der Waals surface area (Å²) < 4.78 is 10.5. The van der Waals surface area contributed by atoms with Crippen molar-refractivity contribution in [1.82, 2.24) is 0 Å². The molecule has 1 aromatic rings. The predicted molar refractivity (Wildman–Crippen MR) is 59.7 cm³/mol. The number of carbonyl (C=O) groups excluding carboxylic acids is 1. The van der Waals surface area contributed by atoms with E-state index in [1.165, 1.54) is 0 Å². The number of hydrogen-bond donors (Lipinski definition) is 1. The first-order valence-corrected chi connectivity index (χ1v) is 5.47. The third kappa shape index (κ3) is 2.21. The molecule has 0 bridgehead atoms. The maximum Gasteiger partial charge on any atom is 0.378 e. The second-order valence-electron chi connectivity index (χ2n) is 2.99. The molecule has 0 radical (unpaired) electrons. The van der Waals surface area contributed by atoms with Crippen molar-refractivity contribution in [2.75, 3.05) is 0 Å². The number of benzene rings is 1. The highest BCUT2D eigenvalue weighted by molar-refractivity contribution is 9.10. The molecule has 1 heterocycles. The summed E-state index contributed by atoms with van der Waals surface area (Å²) in [5.41, 5.74) is 0. The quantitative estimate of drug-likeness (QED) is 0.851. The normalized spacial score (nSPS) is 19.9. The number of hydrogen-bond acceptors (Lipinski definition) is 4. The Labute approximate surface area is 105 Å². The molecule has 1 aromatic carbocycles. The van der Waals surface area contributed by atoms with E-state index in [-0.39, 0.29) is 10.8 Å². The van der Waals surface area contributed by atoms with E-state index in [4.69, 9.17) is 21.4 Å². The van der Waals surface area contributed by atoms with Crippen LogP contribution in [-0.2, 0) is 9.53 Å². The minimum Gasteiger partial charge on any atom is -0.448 e. The van der Waals surface area contributed by atoms with E-state index in [0.29, 0.717) is 5.75 Å². The number of ether oxygens (including phenoxy) is 2. The van der Waals surface area contributed by atoms with Gasteiger partial charge in [-0.2, -0.15) is 0 Å². The van der Waals surface area contributed by atoms with Crippen molar-refractivity contribution in [2.45, 2.75) is 6.29 Å².